The second-order valence-electron chi connectivity index (χ2n) is 14.8. The van der Waals surface area contributed by atoms with Crippen molar-refractivity contribution < 1.29 is 102 Å². The molecular weight excluding hydrogens is 943 g/mol. The van der Waals surface area contributed by atoms with E-state index in [-0.39, 0.29) is 18.1 Å². The summed E-state index contributed by atoms with van der Waals surface area (Å²) in [5.74, 6) is -71.5. The molecule has 4 nitrogen and oxygen atoms in total. The van der Waals surface area contributed by atoms with E-state index < -0.39 is 150 Å². The van der Waals surface area contributed by atoms with Crippen LogP contribution in [0.2, 0.25) is 0 Å². The predicted octanol–water partition coefficient (Wildman–Crippen LogP) is 8.33. The summed E-state index contributed by atoms with van der Waals surface area (Å²) >= 11 is 0. The summed E-state index contributed by atoms with van der Waals surface area (Å²) in [7, 11) is 0. The average molecular weight is 962 g/mol. The fraction of sp³-hybridized carbons (Fsp3) is 0.122. The summed E-state index contributed by atoms with van der Waals surface area (Å²) in [6, 6.07) is 9.06. The molecule has 348 valence electrons. The van der Waals surface area contributed by atoms with Gasteiger partial charge >= 0.3 is 0 Å². The van der Waals surface area contributed by atoms with Crippen LogP contribution < -0.4 is 26.4 Å². The van der Waals surface area contributed by atoms with Gasteiger partial charge in [-0.25, -0.2) is 87.8 Å². The maximum atomic E-state index is 15.4. The Bertz CT molecular complexity index is 2600. The SMILES string of the molecule is CC(C)(C)C(=O)c1cncc[n+]1CC(=O)c1ccccc1.Fc1c(F)c(F)c([B-](c2c(F)c(F)c(F)c(F)c2F)(c2c(F)c(F)c(F)c(F)c2F)c2c(F)c(F)c(F)c(F)c2F)c(F)c1F. The molecule has 0 aliphatic heterocycles. The Balaban J connectivity index is 0.000000324. The van der Waals surface area contributed by atoms with Gasteiger partial charge in [0.15, 0.2) is 76.0 Å². The van der Waals surface area contributed by atoms with E-state index in [1.807, 2.05) is 39.0 Å². The number of nitrogens with zero attached hydrogens (tertiary/aromatic N) is 2. The minimum atomic E-state index is -7.22. The molecule has 25 heteroatoms. The van der Waals surface area contributed by atoms with Crippen molar-refractivity contribution in [1.29, 1.82) is 0 Å². The monoisotopic (exact) mass is 962 g/mol. The number of benzene rings is 5. The van der Waals surface area contributed by atoms with E-state index in [0.717, 1.165) is 0 Å². The number of hydrogen-bond acceptors (Lipinski definition) is 3. The zero-order valence-corrected chi connectivity index (χ0v) is 32.7. The lowest BCUT2D eigenvalue weighted by Gasteiger charge is -2.44. The van der Waals surface area contributed by atoms with Crippen LogP contribution >= 0.6 is 0 Å². The van der Waals surface area contributed by atoms with Gasteiger partial charge in [-0.05, 0) is 0 Å². The van der Waals surface area contributed by atoms with Gasteiger partial charge in [0.25, 0.3) is 5.69 Å². The largest absolute Gasteiger partial charge is 0.287 e. The van der Waals surface area contributed by atoms with Gasteiger partial charge in [-0.3, -0.25) is 14.6 Å². The predicted molar refractivity (Wildman–Crippen MR) is 188 cm³/mol. The van der Waals surface area contributed by atoms with Gasteiger partial charge in [0, 0.05) is 11.0 Å². The molecule has 0 N–H and O–H groups in total. The summed E-state index contributed by atoms with van der Waals surface area (Å²) in [6.45, 7) is 5.69. The van der Waals surface area contributed by atoms with Crippen LogP contribution in [0.15, 0.2) is 48.9 Å². The number of carbonyl (C=O) groups excluding carboxylic acids is 2. The normalized spacial score (nSPS) is 11.7. The molecule has 0 bridgehead atoms. The van der Waals surface area contributed by atoms with Gasteiger partial charge < -0.3 is 0 Å². The van der Waals surface area contributed by atoms with Crippen molar-refractivity contribution >= 4 is 39.6 Å². The zero-order chi connectivity index (χ0) is 49.8. The number of Topliss-reactive ketones (excluding diaryl/α,β-unsaturated/α-hetero) is 2. The molecule has 66 heavy (non-hydrogen) atoms. The van der Waals surface area contributed by atoms with Crippen molar-refractivity contribution in [3.05, 3.63) is 177 Å². The van der Waals surface area contributed by atoms with Gasteiger partial charge in [0.2, 0.25) is 18.1 Å². The first-order valence-electron chi connectivity index (χ1n) is 17.8. The number of carbonyl (C=O) groups is 2. The number of ketones is 2. The van der Waals surface area contributed by atoms with Crippen LogP contribution in [-0.4, -0.2) is 22.7 Å². The van der Waals surface area contributed by atoms with Crippen LogP contribution in [0.4, 0.5) is 87.8 Å². The lowest BCUT2D eigenvalue weighted by atomic mass is 9.12. The fourth-order valence-corrected chi connectivity index (χ4v) is 6.84. The van der Waals surface area contributed by atoms with E-state index in [4.69, 9.17) is 0 Å². The third-order valence-electron chi connectivity index (χ3n) is 9.87. The molecule has 0 spiro atoms. The average Bonchev–Trinajstić information content (AvgIpc) is 3.29. The zero-order valence-electron chi connectivity index (χ0n) is 32.7. The molecular formula is C41H19BF20N2O2. The quantitative estimate of drug-likeness (QED) is 0.0386. The summed E-state index contributed by atoms with van der Waals surface area (Å²) < 4.78 is 296. The first-order valence-corrected chi connectivity index (χ1v) is 17.8. The molecule has 0 saturated heterocycles. The maximum absolute atomic E-state index is 15.4. The van der Waals surface area contributed by atoms with Crippen molar-refractivity contribution in [3.8, 4) is 0 Å². The Morgan fingerprint density at radius 3 is 1.00 bits per heavy atom. The number of halogens is 20. The van der Waals surface area contributed by atoms with Crippen molar-refractivity contribution in [2.75, 3.05) is 0 Å². The van der Waals surface area contributed by atoms with Gasteiger partial charge in [0.05, 0.1) is 6.20 Å². The molecule has 6 aromatic rings. The molecule has 6 rings (SSSR count). The lowest BCUT2D eigenvalue weighted by Crippen LogP contribution is -2.81. The third-order valence-corrected chi connectivity index (χ3v) is 9.87. The summed E-state index contributed by atoms with van der Waals surface area (Å²) in [6.07, 6.45) is -2.45. The highest BCUT2D eigenvalue weighted by Crippen LogP contribution is 2.31. The van der Waals surface area contributed by atoms with Crippen LogP contribution in [0.25, 0.3) is 0 Å². The Hall–Kier alpha value is -6.82. The molecule has 1 aromatic heterocycles. The highest BCUT2D eigenvalue weighted by Gasteiger charge is 2.52. The highest BCUT2D eigenvalue weighted by atomic mass is 19.2. The lowest BCUT2D eigenvalue weighted by molar-refractivity contribution is -0.685. The smallest absolute Gasteiger partial charge is 0.268 e. The molecule has 0 radical (unpaired) electrons. The van der Waals surface area contributed by atoms with Crippen molar-refractivity contribution in [3.63, 3.8) is 0 Å². The van der Waals surface area contributed by atoms with Crippen molar-refractivity contribution in [2.45, 2.75) is 27.3 Å². The van der Waals surface area contributed by atoms with Gasteiger partial charge in [-0.2, -0.15) is 4.57 Å². The van der Waals surface area contributed by atoms with E-state index in [2.05, 4.69) is 4.98 Å². The second-order valence-corrected chi connectivity index (χ2v) is 14.8. The fourth-order valence-electron chi connectivity index (χ4n) is 6.84. The van der Waals surface area contributed by atoms with E-state index in [9.17, 15) is 62.3 Å². The van der Waals surface area contributed by atoms with E-state index in [1.54, 1.807) is 29.1 Å². The first kappa shape index (κ1) is 50.2. The molecule has 5 aromatic carbocycles. The summed E-state index contributed by atoms with van der Waals surface area (Å²) in [4.78, 5) is 28.7. The molecule has 1 heterocycles. The third kappa shape index (κ3) is 8.00. The Morgan fingerprint density at radius 2 is 0.727 bits per heavy atom. The Kier molecular flexibility index (Phi) is 13.9. The molecule has 0 amide bonds. The molecule has 0 unspecified atom stereocenters. The van der Waals surface area contributed by atoms with Crippen LogP contribution in [0.3, 0.4) is 0 Å². The highest BCUT2D eigenvalue weighted by molar-refractivity contribution is 7.20. The molecule has 0 aliphatic carbocycles. The number of rotatable bonds is 8. The molecule has 0 atom stereocenters. The van der Waals surface area contributed by atoms with Gasteiger partial charge in [-0.15, -0.1) is 21.9 Å². The minimum Gasteiger partial charge on any atom is -0.287 e. The number of aromatic nitrogens is 2. The van der Waals surface area contributed by atoms with Crippen LogP contribution in [0, 0.1) is 122 Å². The standard InChI is InChI=1S/C24BF20.C17H19N2O2/c26-5-1(6(27)14(35)21(42)13(5)34)25(2-7(28)15(36)22(43)16(37)8(2)29,3-9(30)17(38)23(44)18(39)10(3)31)4-11(32)19(40)24(45)20(41)12(4)33;1-17(2,3)16(21)14-11-18-9-10-19(14)12-15(20)13-7-5-4-6-8-13/h;4-11H,12H2,1-3H3/q-1;+1. The van der Waals surface area contributed by atoms with Gasteiger partial charge in [0.1, 0.15) is 58.9 Å². The number of hydrogen-bond donors (Lipinski definition) is 0. The molecule has 0 aliphatic rings. The second kappa shape index (κ2) is 18.2. The van der Waals surface area contributed by atoms with Crippen LogP contribution in [0.1, 0.15) is 41.6 Å². The van der Waals surface area contributed by atoms with Gasteiger partial charge in [-0.1, -0.05) is 51.1 Å². The maximum Gasteiger partial charge on any atom is 0.268 e. The van der Waals surface area contributed by atoms with E-state index >= 15 is 35.1 Å². The van der Waals surface area contributed by atoms with Crippen LogP contribution in [-0.2, 0) is 6.54 Å². The Labute approximate surface area is 355 Å². The van der Waals surface area contributed by atoms with Crippen molar-refractivity contribution in [2.24, 2.45) is 5.41 Å². The topological polar surface area (TPSA) is 50.9 Å². The van der Waals surface area contributed by atoms with Crippen LogP contribution in [0.5, 0.6) is 0 Å². The Morgan fingerprint density at radius 1 is 0.455 bits per heavy atom. The summed E-state index contributed by atoms with van der Waals surface area (Å²) in [5, 5.41) is 0. The summed E-state index contributed by atoms with van der Waals surface area (Å²) in [5.41, 5.74) is -13.8. The van der Waals surface area contributed by atoms with E-state index in [0.29, 0.717) is 11.3 Å². The van der Waals surface area contributed by atoms with E-state index in [1.165, 1.54) is 6.20 Å². The first-order chi connectivity index (χ1) is 30.6. The molecule has 0 fully saturated rings. The van der Waals surface area contributed by atoms with Crippen molar-refractivity contribution in [1.82, 2.24) is 4.98 Å². The minimum absolute atomic E-state index is 0.0311. The molecule has 0 saturated carbocycles.